The van der Waals surface area contributed by atoms with E-state index >= 15 is 0 Å². The van der Waals surface area contributed by atoms with Crippen LogP contribution in [0.5, 0.6) is 0 Å². The molecule has 14 heavy (non-hydrogen) atoms. The summed E-state index contributed by atoms with van der Waals surface area (Å²) in [7, 11) is 0. The molecule has 1 heterocycles. The van der Waals surface area contributed by atoms with Crippen LogP contribution in [0, 0.1) is 0 Å². The molecule has 0 aromatic carbocycles. The summed E-state index contributed by atoms with van der Waals surface area (Å²) >= 11 is 0. The fourth-order valence-electron chi connectivity index (χ4n) is 1.64. The zero-order valence-electron chi connectivity index (χ0n) is 8.87. The zero-order valence-corrected chi connectivity index (χ0v) is 8.87. The van der Waals surface area contributed by atoms with E-state index in [4.69, 9.17) is 4.74 Å². The van der Waals surface area contributed by atoms with E-state index < -0.39 is 0 Å². The molecule has 80 valence electrons. The number of nitrogens with zero attached hydrogens (tertiary/aromatic N) is 1. The monoisotopic (exact) mass is 197 g/mol. The van der Waals surface area contributed by atoms with Crippen molar-refractivity contribution in [2.45, 2.75) is 45.1 Å². The number of unbranched alkanes of at least 4 members (excludes halogenated alkanes) is 3. The summed E-state index contributed by atoms with van der Waals surface area (Å²) in [4.78, 5) is 12.7. The van der Waals surface area contributed by atoms with Crippen molar-refractivity contribution < 1.29 is 9.53 Å². The van der Waals surface area contributed by atoms with Crippen LogP contribution in [0.3, 0.4) is 0 Å². The van der Waals surface area contributed by atoms with Crippen LogP contribution in [0.2, 0.25) is 0 Å². The van der Waals surface area contributed by atoms with Crippen LogP contribution in [-0.4, -0.2) is 23.6 Å². The molecule has 0 bridgehead atoms. The average Bonchev–Trinajstić information content (AvgIpc) is 2.54. The molecule has 0 aromatic heterocycles. The molecular formula is C11H19NO2. The van der Waals surface area contributed by atoms with Gasteiger partial charge in [0.05, 0.1) is 6.54 Å². The van der Waals surface area contributed by atoms with E-state index in [0.29, 0.717) is 6.54 Å². The molecule has 1 unspecified atom stereocenters. The Labute approximate surface area is 85.7 Å². The first-order chi connectivity index (χ1) is 6.77. The fourth-order valence-corrected chi connectivity index (χ4v) is 1.64. The summed E-state index contributed by atoms with van der Waals surface area (Å²) in [5.41, 5.74) is 0. The molecule has 1 amide bonds. The van der Waals surface area contributed by atoms with Crippen LogP contribution < -0.4 is 0 Å². The number of ether oxygens (including phenoxy) is 1. The number of amides is 1. The van der Waals surface area contributed by atoms with Gasteiger partial charge in [0.2, 0.25) is 0 Å². The normalized spacial score (nSPS) is 21.1. The first-order valence-corrected chi connectivity index (χ1v) is 5.37. The number of rotatable bonds is 6. The van der Waals surface area contributed by atoms with Crippen molar-refractivity contribution in [1.82, 2.24) is 4.90 Å². The van der Waals surface area contributed by atoms with Crippen LogP contribution in [-0.2, 0) is 4.74 Å². The van der Waals surface area contributed by atoms with E-state index in [1.54, 1.807) is 0 Å². The molecule has 1 atom stereocenters. The summed E-state index contributed by atoms with van der Waals surface area (Å²) in [6.45, 7) is 6.43. The average molecular weight is 197 g/mol. The summed E-state index contributed by atoms with van der Waals surface area (Å²) in [5.74, 6) is 0. The van der Waals surface area contributed by atoms with E-state index in [1.807, 2.05) is 0 Å². The van der Waals surface area contributed by atoms with Crippen molar-refractivity contribution in [3.8, 4) is 0 Å². The van der Waals surface area contributed by atoms with Crippen LogP contribution in [0.4, 0.5) is 4.79 Å². The molecule has 1 aliphatic heterocycles. The molecular weight excluding hydrogens is 178 g/mol. The Bertz CT molecular complexity index is 203. The van der Waals surface area contributed by atoms with E-state index in [1.165, 1.54) is 30.4 Å². The molecule has 0 aromatic rings. The summed E-state index contributed by atoms with van der Waals surface area (Å²) in [6, 6.07) is 0. The molecule has 0 N–H and O–H groups in total. The first kappa shape index (κ1) is 11.1. The van der Waals surface area contributed by atoms with Crippen LogP contribution >= 0.6 is 0 Å². The number of cyclic esters (lactones) is 1. The van der Waals surface area contributed by atoms with Gasteiger partial charge in [-0.25, -0.2) is 4.79 Å². The second kappa shape index (κ2) is 5.68. The van der Waals surface area contributed by atoms with Gasteiger partial charge in [0.1, 0.15) is 6.10 Å². The highest BCUT2D eigenvalue weighted by atomic mass is 16.6. The van der Waals surface area contributed by atoms with Crippen molar-refractivity contribution in [3.05, 3.63) is 12.8 Å². The molecule has 0 aliphatic carbocycles. The molecule has 1 rings (SSSR count). The quantitative estimate of drug-likeness (QED) is 0.613. The Morgan fingerprint density at radius 3 is 2.93 bits per heavy atom. The molecule has 1 saturated heterocycles. The Morgan fingerprint density at radius 2 is 2.36 bits per heavy atom. The highest BCUT2D eigenvalue weighted by Gasteiger charge is 2.28. The van der Waals surface area contributed by atoms with Gasteiger partial charge in [-0.3, -0.25) is 4.90 Å². The van der Waals surface area contributed by atoms with E-state index in [-0.39, 0.29) is 12.2 Å². The maximum atomic E-state index is 11.1. The second-order valence-electron chi connectivity index (χ2n) is 3.69. The Kier molecular flexibility index (Phi) is 4.50. The minimum absolute atomic E-state index is 0.0809. The largest absolute Gasteiger partial charge is 0.444 e. The SMILES string of the molecule is C=CN1CC(CCCCCC)OC1=O. The molecule has 1 fully saturated rings. The van der Waals surface area contributed by atoms with Crippen LogP contribution in [0.15, 0.2) is 12.8 Å². The predicted octanol–water partition coefficient (Wildman–Crippen LogP) is 2.92. The van der Waals surface area contributed by atoms with Gasteiger partial charge in [0.25, 0.3) is 0 Å². The van der Waals surface area contributed by atoms with Gasteiger partial charge in [0, 0.05) is 6.20 Å². The smallest absolute Gasteiger partial charge is 0.414 e. The number of carbonyl (C=O) groups excluding carboxylic acids is 1. The third-order valence-electron chi connectivity index (χ3n) is 2.50. The summed E-state index contributed by atoms with van der Waals surface area (Å²) in [6.07, 6.45) is 7.24. The van der Waals surface area contributed by atoms with Gasteiger partial charge in [-0.15, -0.1) is 0 Å². The van der Waals surface area contributed by atoms with E-state index in [2.05, 4.69) is 13.5 Å². The fraction of sp³-hybridized carbons (Fsp3) is 0.727. The van der Waals surface area contributed by atoms with Gasteiger partial charge in [0.15, 0.2) is 0 Å². The van der Waals surface area contributed by atoms with Gasteiger partial charge in [-0.05, 0) is 12.8 Å². The lowest BCUT2D eigenvalue weighted by atomic mass is 10.1. The lowest BCUT2D eigenvalue weighted by Crippen LogP contribution is -2.17. The van der Waals surface area contributed by atoms with Crippen LogP contribution in [0.25, 0.3) is 0 Å². The van der Waals surface area contributed by atoms with Crippen molar-refractivity contribution in [2.75, 3.05) is 6.54 Å². The Hall–Kier alpha value is -0.990. The second-order valence-corrected chi connectivity index (χ2v) is 3.69. The number of hydrogen-bond acceptors (Lipinski definition) is 2. The summed E-state index contributed by atoms with van der Waals surface area (Å²) < 4.78 is 5.16. The van der Waals surface area contributed by atoms with E-state index in [9.17, 15) is 4.79 Å². The molecule has 3 heteroatoms. The third kappa shape index (κ3) is 3.05. The number of carbonyl (C=O) groups is 1. The molecule has 0 spiro atoms. The van der Waals surface area contributed by atoms with Gasteiger partial charge >= 0.3 is 6.09 Å². The predicted molar refractivity (Wildman–Crippen MR) is 55.9 cm³/mol. The topological polar surface area (TPSA) is 29.5 Å². The Balaban J connectivity index is 2.15. The Morgan fingerprint density at radius 1 is 1.57 bits per heavy atom. The third-order valence-corrected chi connectivity index (χ3v) is 2.50. The molecule has 3 nitrogen and oxygen atoms in total. The molecule has 0 radical (unpaired) electrons. The van der Waals surface area contributed by atoms with Gasteiger partial charge in [-0.2, -0.15) is 0 Å². The standard InChI is InChI=1S/C11H19NO2/c1-3-5-6-7-8-10-9-12(4-2)11(13)14-10/h4,10H,2-3,5-9H2,1H3. The lowest BCUT2D eigenvalue weighted by molar-refractivity contribution is 0.130. The van der Waals surface area contributed by atoms with Crippen LogP contribution in [0.1, 0.15) is 39.0 Å². The highest BCUT2D eigenvalue weighted by Crippen LogP contribution is 2.17. The maximum Gasteiger partial charge on any atom is 0.414 e. The van der Waals surface area contributed by atoms with Gasteiger partial charge in [-0.1, -0.05) is 32.8 Å². The highest BCUT2D eigenvalue weighted by molar-refractivity contribution is 5.70. The van der Waals surface area contributed by atoms with Crippen molar-refractivity contribution in [3.63, 3.8) is 0 Å². The maximum absolute atomic E-state index is 11.1. The molecule has 1 aliphatic rings. The van der Waals surface area contributed by atoms with Crippen molar-refractivity contribution >= 4 is 6.09 Å². The molecule has 0 saturated carbocycles. The summed E-state index contributed by atoms with van der Waals surface area (Å²) in [5, 5.41) is 0. The lowest BCUT2D eigenvalue weighted by Gasteiger charge is -2.06. The van der Waals surface area contributed by atoms with E-state index in [0.717, 1.165) is 12.8 Å². The van der Waals surface area contributed by atoms with Crippen molar-refractivity contribution in [1.29, 1.82) is 0 Å². The minimum atomic E-state index is -0.250. The van der Waals surface area contributed by atoms with Gasteiger partial charge < -0.3 is 4.74 Å². The number of hydrogen-bond donors (Lipinski definition) is 0. The minimum Gasteiger partial charge on any atom is -0.444 e. The first-order valence-electron chi connectivity index (χ1n) is 5.37. The zero-order chi connectivity index (χ0) is 10.4. The van der Waals surface area contributed by atoms with Crippen molar-refractivity contribution in [2.24, 2.45) is 0 Å².